The topological polar surface area (TPSA) is 36.1 Å². The van der Waals surface area contributed by atoms with Gasteiger partial charge in [-0.05, 0) is 41.0 Å². The van der Waals surface area contributed by atoms with Crippen LogP contribution in [0.3, 0.4) is 0 Å². The second kappa shape index (κ2) is 7.71. The fourth-order valence-corrected chi connectivity index (χ4v) is 2.22. The predicted octanol–water partition coefficient (Wildman–Crippen LogP) is 5.48. The molecule has 0 bridgehead atoms. The molecular formula is C22H16N2. The monoisotopic (exact) mass is 308 g/mol. The van der Waals surface area contributed by atoms with Gasteiger partial charge in [-0.1, -0.05) is 66.7 Å². The standard InChI is InChI=1S/C22H16N2/c23-16-20-8-10-21(11-9-20)17-24-22-14-12-19(13-15-22)7-6-18-4-2-1-3-5-18/h1-15,17H/b7-6+,24-17?. The van der Waals surface area contributed by atoms with Crippen molar-refractivity contribution in [3.63, 3.8) is 0 Å². The van der Waals surface area contributed by atoms with Crippen molar-refractivity contribution < 1.29 is 0 Å². The molecule has 0 aliphatic heterocycles. The van der Waals surface area contributed by atoms with E-state index in [0.29, 0.717) is 5.56 Å². The molecule has 2 heteroatoms. The number of aliphatic imine (C=N–C) groups is 1. The van der Waals surface area contributed by atoms with Gasteiger partial charge in [0.05, 0.1) is 17.3 Å². The van der Waals surface area contributed by atoms with E-state index in [1.165, 1.54) is 5.56 Å². The average Bonchev–Trinajstić information content (AvgIpc) is 2.67. The molecule has 0 aliphatic carbocycles. The Bertz CT molecular complexity index is 881. The molecule has 0 saturated heterocycles. The zero-order valence-electron chi connectivity index (χ0n) is 13.1. The highest BCUT2D eigenvalue weighted by Crippen LogP contribution is 2.15. The van der Waals surface area contributed by atoms with Gasteiger partial charge in [-0.2, -0.15) is 5.26 Å². The SMILES string of the molecule is N#Cc1ccc(C=Nc2ccc(/C=C/c3ccccc3)cc2)cc1. The molecule has 0 fully saturated rings. The maximum Gasteiger partial charge on any atom is 0.0991 e. The van der Waals surface area contributed by atoms with Crippen molar-refractivity contribution in [3.05, 3.63) is 101 Å². The third-order valence-electron chi connectivity index (χ3n) is 3.56. The molecule has 3 aromatic carbocycles. The first-order valence-corrected chi connectivity index (χ1v) is 7.71. The van der Waals surface area contributed by atoms with Crippen LogP contribution in [0.2, 0.25) is 0 Å². The Kier molecular flexibility index (Phi) is 4.97. The Hall–Kier alpha value is -3.44. The molecule has 0 spiro atoms. The van der Waals surface area contributed by atoms with Crippen molar-refractivity contribution in [1.29, 1.82) is 5.26 Å². The molecule has 114 valence electrons. The van der Waals surface area contributed by atoms with E-state index in [2.05, 4.69) is 35.3 Å². The number of nitriles is 1. The van der Waals surface area contributed by atoms with E-state index in [1.54, 1.807) is 18.3 Å². The molecule has 24 heavy (non-hydrogen) atoms. The molecule has 2 nitrogen and oxygen atoms in total. The summed E-state index contributed by atoms with van der Waals surface area (Å²) in [6.07, 6.45) is 5.98. The van der Waals surface area contributed by atoms with E-state index in [-0.39, 0.29) is 0 Å². The Morgan fingerprint density at radius 2 is 1.25 bits per heavy atom. The third-order valence-corrected chi connectivity index (χ3v) is 3.56. The number of benzene rings is 3. The first kappa shape index (κ1) is 15.5. The van der Waals surface area contributed by atoms with Gasteiger partial charge in [0.1, 0.15) is 0 Å². The highest BCUT2D eigenvalue weighted by atomic mass is 14.7. The van der Waals surface area contributed by atoms with Crippen LogP contribution in [0.1, 0.15) is 22.3 Å². The largest absolute Gasteiger partial charge is 0.256 e. The number of rotatable bonds is 4. The van der Waals surface area contributed by atoms with Crippen molar-refractivity contribution in [2.75, 3.05) is 0 Å². The highest BCUT2D eigenvalue weighted by molar-refractivity contribution is 5.82. The lowest BCUT2D eigenvalue weighted by Crippen LogP contribution is -1.81. The lowest BCUT2D eigenvalue weighted by atomic mass is 10.1. The summed E-state index contributed by atoms with van der Waals surface area (Å²) in [6.45, 7) is 0. The first-order valence-electron chi connectivity index (χ1n) is 7.71. The highest BCUT2D eigenvalue weighted by Gasteiger charge is 1.92. The summed E-state index contributed by atoms with van der Waals surface area (Å²) >= 11 is 0. The predicted molar refractivity (Wildman–Crippen MR) is 100 cm³/mol. The van der Waals surface area contributed by atoms with Crippen LogP contribution in [0.4, 0.5) is 5.69 Å². The lowest BCUT2D eigenvalue weighted by molar-refractivity contribution is 1.47. The quantitative estimate of drug-likeness (QED) is 0.464. The molecule has 0 radical (unpaired) electrons. The second-order valence-corrected chi connectivity index (χ2v) is 5.33. The van der Waals surface area contributed by atoms with Gasteiger partial charge in [0.15, 0.2) is 0 Å². The van der Waals surface area contributed by atoms with Crippen LogP contribution in [-0.4, -0.2) is 6.21 Å². The molecule has 0 atom stereocenters. The maximum absolute atomic E-state index is 8.79. The van der Waals surface area contributed by atoms with Crippen LogP contribution in [0, 0.1) is 11.3 Å². The van der Waals surface area contributed by atoms with E-state index < -0.39 is 0 Å². The number of hydrogen-bond acceptors (Lipinski definition) is 2. The summed E-state index contributed by atoms with van der Waals surface area (Å²) in [5, 5.41) is 8.79. The van der Waals surface area contributed by atoms with Gasteiger partial charge in [-0.15, -0.1) is 0 Å². The summed E-state index contributed by atoms with van der Waals surface area (Å²) in [7, 11) is 0. The fraction of sp³-hybridized carbons (Fsp3) is 0. The Labute approximate surface area is 142 Å². The minimum absolute atomic E-state index is 0.654. The second-order valence-electron chi connectivity index (χ2n) is 5.33. The van der Waals surface area contributed by atoms with Crippen LogP contribution in [0.25, 0.3) is 12.2 Å². The Morgan fingerprint density at radius 1 is 0.667 bits per heavy atom. The number of nitrogens with zero attached hydrogens (tertiary/aromatic N) is 2. The van der Waals surface area contributed by atoms with E-state index in [1.807, 2.05) is 54.6 Å². The summed E-state index contributed by atoms with van der Waals surface area (Å²) in [4.78, 5) is 4.46. The van der Waals surface area contributed by atoms with Crippen molar-refractivity contribution >= 4 is 24.1 Å². The molecule has 0 unspecified atom stereocenters. The Morgan fingerprint density at radius 3 is 1.88 bits per heavy atom. The van der Waals surface area contributed by atoms with Gasteiger partial charge in [-0.25, -0.2) is 0 Å². The van der Waals surface area contributed by atoms with E-state index in [4.69, 9.17) is 5.26 Å². The fourth-order valence-electron chi connectivity index (χ4n) is 2.22. The lowest BCUT2D eigenvalue weighted by Gasteiger charge is -1.97. The normalized spacial score (nSPS) is 11.0. The van der Waals surface area contributed by atoms with Crippen LogP contribution in [0.5, 0.6) is 0 Å². The van der Waals surface area contributed by atoms with Crippen LogP contribution < -0.4 is 0 Å². The molecule has 0 aromatic heterocycles. The summed E-state index contributed by atoms with van der Waals surface area (Å²) in [5.74, 6) is 0. The minimum atomic E-state index is 0.654. The van der Waals surface area contributed by atoms with Gasteiger partial charge in [-0.3, -0.25) is 4.99 Å². The van der Waals surface area contributed by atoms with Crippen LogP contribution >= 0.6 is 0 Å². The van der Waals surface area contributed by atoms with Crippen molar-refractivity contribution in [2.45, 2.75) is 0 Å². The smallest absolute Gasteiger partial charge is 0.0991 e. The molecule has 0 N–H and O–H groups in total. The average molecular weight is 308 g/mol. The van der Waals surface area contributed by atoms with E-state index in [0.717, 1.165) is 16.8 Å². The van der Waals surface area contributed by atoms with Crippen LogP contribution in [-0.2, 0) is 0 Å². The summed E-state index contributed by atoms with van der Waals surface area (Å²) in [5.41, 5.74) is 4.84. The molecule has 0 heterocycles. The van der Waals surface area contributed by atoms with Crippen LogP contribution in [0.15, 0.2) is 83.9 Å². The molecule has 0 amide bonds. The van der Waals surface area contributed by atoms with Crippen molar-refractivity contribution in [1.82, 2.24) is 0 Å². The number of hydrogen-bond donors (Lipinski definition) is 0. The van der Waals surface area contributed by atoms with Gasteiger partial charge < -0.3 is 0 Å². The van der Waals surface area contributed by atoms with E-state index in [9.17, 15) is 0 Å². The molecular weight excluding hydrogens is 292 g/mol. The zero-order valence-corrected chi connectivity index (χ0v) is 13.1. The van der Waals surface area contributed by atoms with Gasteiger partial charge in [0.2, 0.25) is 0 Å². The zero-order chi connectivity index (χ0) is 16.6. The molecule has 0 aliphatic rings. The van der Waals surface area contributed by atoms with Gasteiger partial charge >= 0.3 is 0 Å². The van der Waals surface area contributed by atoms with Gasteiger partial charge in [0.25, 0.3) is 0 Å². The molecule has 3 aromatic rings. The Balaban J connectivity index is 1.67. The third kappa shape index (κ3) is 4.28. The first-order chi connectivity index (χ1) is 11.8. The summed E-state index contributed by atoms with van der Waals surface area (Å²) < 4.78 is 0. The van der Waals surface area contributed by atoms with Crippen molar-refractivity contribution in [2.24, 2.45) is 4.99 Å². The summed E-state index contributed by atoms with van der Waals surface area (Å²) in [6, 6.07) is 27.8. The van der Waals surface area contributed by atoms with E-state index >= 15 is 0 Å². The van der Waals surface area contributed by atoms with Crippen molar-refractivity contribution in [3.8, 4) is 6.07 Å². The molecule has 3 rings (SSSR count). The minimum Gasteiger partial charge on any atom is -0.256 e. The molecule has 0 saturated carbocycles. The van der Waals surface area contributed by atoms with Gasteiger partial charge in [0, 0.05) is 6.21 Å². The maximum atomic E-state index is 8.79.